The number of guanidine groups is 1. The molecule has 7 nitrogen and oxygen atoms in total. The fourth-order valence-corrected chi connectivity index (χ4v) is 1.84. The van der Waals surface area contributed by atoms with Crippen LogP contribution < -0.4 is 10.6 Å². The minimum absolute atomic E-state index is 0. The lowest BCUT2D eigenvalue weighted by atomic mass is 10.2. The Balaban J connectivity index is 0.00000529. The Bertz CT molecular complexity index is 507. The molecule has 0 radical (unpaired) electrons. The molecule has 0 bridgehead atoms. The van der Waals surface area contributed by atoms with Crippen molar-refractivity contribution in [3.63, 3.8) is 0 Å². The van der Waals surface area contributed by atoms with E-state index in [1.165, 1.54) is 12.1 Å². The van der Waals surface area contributed by atoms with Crippen molar-refractivity contribution in [2.45, 2.75) is 26.8 Å². The van der Waals surface area contributed by atoms with E-state index >= 15 is 0 Å². The average Bonchev–Trinajstić information content (AvgIpc) is 2.53. The molecule has 136 valence electrons. The van der Waals surface area contributed by atoms with Crippen LogP contribution in [0.4, 0.5) is 5.69 Å². The second-order valence-electron chi connectivity index (χ2n) is 5.60. The maximum Gasteiger partial charge on any atom is 0.269 e. The van der Waals surface area contributed by atoms with Crippen LogP contribution in [-0.4, -0.2) is 37.7 Å². The quantitative estimate of drug-likeness (QED) is 0.151. The Morgan fingerprint density at radius 1 is 1.29 bits per heavy atom. The van der Waals surface area contributed by atoms with E-state index in [4.69, 9.17) is 4.74 Å². The number of rotatable bonds is 9. The predicted molar refractivity (Wildman–Crippen MR) is 107 cm³/mol. The monoisotopic (exact) mass is 450 g/mol. The van der Waals surface area contributed by atoms with E-state index in [1.807, 2.05) is 0 Å². The number of hydrogen-bond acceptors (Lipinski definition) is 4. The summed E-state index contributed by atoms with van der Waals surface area (Å²) >= 11 is 0. The van der Waals surface area contributed by atoms with Gasteiger partial charge in [-0.3, -0.25) is 15.1 Å². The lowest BCUT2D eigenvalue weighted by Gasteiger charge is -2.12. The van der Waals surface area contributed by atoms with Crippen molar-refractivity contribution in [1.82, 2.24) is 10.6 Å². The molecule has 0 amide bonds. The minimum atomic E-state index is -0.404. The maximum absolute atomic E-state index is 10.6. The summed E-state index contributed by atoms with van der Waals surface area (Å²) in [4.78, 5) is 14.3. The zero-order valence-corrected chi connectivity index (χ0v) is 16.8. The summed E-state index contributed by atoms with van der Waals surface area (Å²) in [6.07, 6.45) is 0.908. The van der Waals surface area contributed by atoms with E-state index in [2.05, 4.69) is 29.5 Å². The third kappa shape index (κ3) is 9.66. The van der Waals surface area contributed by atoms with E-state index < -0.39 is 4.92 Å². The molecule has 0 aliphatic rings. The van der Waals surface area contributed by atoms with Crippen LogP contribution in [0.1, 0.15) is 25.8 Å². The maximum atomic E-state index is 10.6. The Morgan fingerprint density at radius 2 is 1.96 bits per heavy atom. The van der Waals surface area contributed by atoms with Crippen molar-refractivity contribution >= 4 is 35.6 Å². The van der Waals surface area contributed by atoms with Gasteiger partial charge in [-0.05, 0) is 17.9 Å². The smallest absolute Gasteiger partial charge is 0.269 e. The number of hydrogen-bond donors (Lipinski definition) is 2. The Kier molecular flexibility index (Phi) is 12.2. The van der Waals surface area contributed by atoms with Crippen molar-refractivity contribution in [2.24, 2.45) is 10.9 Å². The van der Waals surface area contributed by atoms with Gasteiger partial charge in [-0.1, -0.05) is 26.0 Å². The highest BCUT2D eigenvalue weighted by Crippen LogP contribution is 2.11. The van der Waals surface area contributed by atoms with Crippen LogP contribution in [0.5, 0.6) is 0 Å². The van der Waals surface area contributed by atoms with Crippen LogP contribution in [0.2, 0.25) is 0 Å². The summed E-state index contributed by atoms with van der Waals surface area (Å²) in [5, 5.41) is 17.0. The molecule has 0 aliphatic heterocycles. The van der Waals surface area contributed by atoms with Crippen LogP contribution in [-0.2, 0) is 11.3 Å². The summed E-state index contributed by atoms with van der Waals surface area (Å²) in [6, 6.07) is 6.47. The Hall–Kier alpha value is -1.42. The fraction of sp³-hybridized carbons (Fsp3) is 0.562. The number of nitrogens with one attached hydrogen (secondary N) is 2. The molecule has 0 saturated carbocycles. The zero-order valence-electron chi connectivity index (χ0n) is 14.4. The lowest BCUT2D eigenvalue weighted by molar-refractivity contribution is -0.384. The van der Waals surface area contributed by atoms with Gasteiger partial charge in [0.1, 0.15) is 0 Å². The van der Waals surface area contributed by atoms with Crippen molar-refractivity contribution in [1.29, 1.82) is 0 Å². The molecule has 8 heteroatoms. The van der Waals surface area contributed by atoms with Gasteiger partial charge >= 0.3 is 0 Å². The first-order valence-electron chi connectivity index (χ1n) is 7.78. The number of nitrogens with zero attached hydrogens (tertiary/aromatic N) is 2. The van der Waals surface area contributed by atoms with Gasteiger partial charge < -0.3 is 15.4 Å². The van der Waals surface area contributed by atoms with Crippen molar-refractivity contribution in [3.05, 3.63) is 39.9 Å². The van der Waals surface area contributed by atoms with Gasteiger partial charge in [0.2, 0.25) is 0 Å². The summed E-state index contributed by atoms with van der Waals surface area (Å²) in [5.41, 5.74) is 1.05. The van der Waals surface area contributed by atoms with Gasteiger partial charge in [0.25, 0.3) is 5.69 Å². The molecule has 0 heterocycles. The van der Waals surface area contributed by atoms with Gasteiger partial charge in [-0.15, -0.1) is 24.0 Å². The van der Waals surface area contributed by atoms with Gasteiger partial charge in [0.05, 0.1) is 4.92 Å². The fourth-order valence-electron chi connectivity index (χ4n) is 1.84. The molecule has 0 aliphatic carbocycles. The molecule has 0 spiro atoms. The van der Waals surface area contributed by atoms with Gasteiger partial charge in [0, 0.05) is 45.5 Å². The van der Waals surface area contributed by atoms with Gasteiger partial charge in [-0.25, -0.2) is 0 Å². The molecular formula is C16H27IN4O3. The molecule has 0 saturated heterocycles. The average molecular weight is 450 g/mol. The van der Waals surface area contributed by atoms with E-state index in [9.17, 15) is 10.1 Å². The third-order valence-electron chi connectivity index (χ3n) is 3.04. The summed E-state index contributed by atoms with van der Waals surface area (Å²) < 4.78 is 5.52. The zero-order chi connectivity index (χ0) is 17.1. The number of non-ortho nitro benzene ring substituents is 1. The first-order chi connectivity index (χ1) is 11.0. The van der Waals surface area contributed by atoms with Crippen LogP contribution in [0.15, 0.2) is 29.3 Å². The van der Waals surface area contributed by atoms with E-state index in [0.717, 1.165) is 31.7 Å². The second kappa shape index (κ2) is 12.9. The second-order valence-corrected chi connectivity index (χ2v) is 5.60. The first kappa shape index (κ1) is 22.6. The molecule has 2 N–H and O–H groups in total. The molecule has 0 fully saturated rings. The van der Waals surface area contributed by atoms with Crippen LogP contribution >= 0.6 is 24.0 Å². The van der Waals surface area contributed by atoms with Crippen molar-refractivity contribution < 1.29 is 9.66 Å². The highest BCUT2D eigenvalue weighted by atomic mass is 127. The molecule has 1 aromatic rings. The largest absolute Gasteiger partial charge is 0.381 e. The van der Waals surface area contributed by atoms with Gasteiger partial charge in [-0.2, -0.15) is 0 Å². The standard InChI is InChI=1S/C16H26N4O3.HI/c1-13(2)12-23-10-4-9-18-16(17-3)19-11-14-5-7-15(8-6-14)20(21)22;/h5-8,13H,4,9-12H2,1-3H3,(H2,17,18,19);1H. The van der Waals surface area contributed by atoms with E-state index in [0.29, 0.717) is 18.4 Å². The SMILES string of the molecule is CN=C(NCCCOCC(C)C)NCc1ccc([N+](=O)[O-])cc1.I. The number of benzene rings is 1. The molecule has 0 atom stereocenters. The van der Waals surface area contributed by atoms with E-state index in [-0.39, 0.29) is 29.7 Å². The normalized spacial score (nSPS) is 11.1. The van der Waals surface area contributed by atoms with Crippen molar-refractivity contribution in [3.8, 4) is 0 Å². The molecule has 1 aromatic carbocycles. The third-order valence-corrected chi connectivity index (χ3v) is 3.04. The highest BCUT2D eigenvalue weighted by molar-refractivity contribution is 14.0. The van der Waals surface area contributed by atoms with Crippen LogP contribution in [0.25, 0.3) is 0 Å². The lowest BCUT2D eigenvalue weighted by Crippen LogP contribution is -2.37. The Morgan fingerprint density at radius 3 is 2.50 bits per heavy atom. The van der Waals surface area contributed by atoms with Crippen LogP contribution in [0.3, 0.4) is 0 Å². The molecule has 0 aromatic heterocycles. The van der Waals surface area contributed by atoms with Gasteiger partial charge in [0.15, 0.2) is 5.96 Å². The molecule has 0 unspecified atom stereocenters. The number of nitro groups is 1. The molecule has 24 heavy (non-hydrogen) atoms. The predicted octanol–water partition coefficient (Wildman–Crippen LogP) is 2.94. The highest BCUT2D eigenvalue weighted by Gasteiger charge is 2.04. The number of aliphatic imine (C=N–C) groups is 1. The van der Waals surface area contributed by atoms with Crippen LogP contribution in [0, 0.1) is 16.0 Å². The summed E-state index contributed by atoms with van der Waals surface area (Å²) in [7, 11) is 1.71. The number of ether oxygens (including phenoxy) is 1. The first-order valence-corrected chi connectivity index (χ1v) is 7.78. The minimum Gasteiger partial charge on any atom is -0.381 e. The van der Waals surface area contributed by atoms with E-state index in [1.54, 1.807) is 19.2 Å². The number of halogens is 1. The Labute approximate surface area is 160 Å². The number of nitro benzene ring substituents is 1. The molecular weight excluding hydrogens is 423 g/mol. The summed E-state index contributed by atoms with van der Waals surface area (Å²) in [5.74, 6) is 1.26. The topological polar surface area (TPSA) is 88.8 Å². The summed E-state index contributed by atoms with van der Waals surface area (Å²) in [6.45, 7) is 7.10. The molecule has 1 rings (SSSR count). The van der Waals surface area contributed by atoms with Crippen molar-refractivity contribution in [2.75, 3.05) is 26.8 Å².